The van der Waals surface area contributed by atoms with Gasteiger partial charge in [-0.05, 0) is 49.6 Å². The number of carbonyl (C=O) groups excluding carboxylic acids is 2. The fourth-order valence-electron chi connectivity index (χ4n) is 2.14. The number of hydrogen-bond acceptors (Lipinski definition) is 4. The van der Waals surface area contributed by atoms with Crippen molar-refractivity contribution in [2.24, 2.45) is 11.0 Å². The molecule has 0 aliphatic heterocycles. The fraction of sp³-hybridized carbons (Fsp3) is 0.222. The van der Waals surface area contributed by atoms with Crippen molar-refractivity contribution in [2.75, 3.05) is 5.32 Å². The van der Waals surface area contributed by atoms with Gasteiger partial charge in [0.25, 0.3) is 5.91 Å². The number of hydrazone groups is 1. The highest BCUT2D eigenvalue weighted by molar-refractivity contribution is 6.01. The lowest BCUT2D eigenvalue weighted by atomic mass is 10.1. The van der Waals surface area contributed by atoms with Crippen LogP contribution in [0.4, 0.5) is 5.69 Å². The molecule has 1 heterocycles. The van der Waals surface area contributed by atoms with Gasteiger partial charge in [0.05, 0.1) is 5.71 Å². The molecule has 1 aliphatic rings. The maximum atomic E-state index is 11.9. The van der Waals surface area contributed by atoms with E-state index in [4.69, 9.17) is 0 Å². The molecule has 24 heavy (non-hydrogen) atoms. The van der Waals surface area contributed by atoms with E-state index in [-0.39, 0.29) is 17.7 Å². The summed E-state index contributed by atoms with van der Waals surface area (Å²) in [5.41, 5.74) is 5.09. The smallest absolute Gasteiger partial charge is 0.289 e. The molecule has 0 spiro atoms. The Morgan fingerprint density at radius 2 is 1.88 bits per heavy atom. The highest BCUT2D eigenvalue weighted by Gasteiger charge is 2.29. The number of pyridine rings is 1. The lowest BCUT2D eigenvalue weighted by molar-refractivity contribution is -0.117. The number of amides is 2. The van der Waals surface area contributed by atoms with Crippen molar-refractivity contribution in [2.45, 2.75) is 19.8 Å². The van der Waals surface area contributed by atoms with E-state index in [1.807, 2.05) is 24.3 Å². The Morgan fingerprint density at radius 3 is 2.50 bits per heavy atom. The van der Waals surface area contributed by atoms with E-state index in [0.29, 0.717) is 11.4 Å². The minimum atomic E-state index is -0.358. The molecule has 0 saturated heterocycles. The zero-order valence-electron chi connectivity index (χ0n) is 13.3. The minimum absolute atomic E-state index is 0.0794. The van der Waals surface area contributed by atoms with Gasteiger partial charge in [-0.1, -0.05) is 18.2 Å². The molecule has 6 nitrogen and oxygen atoms in total. The van der Waals surface area contributed by atoms with Crippen LogP contribution in [0, 0.1) is 5.92 Å². The summed E-state index contributed by atoms with van der Waals surface area (Å²) in [6, 6.07) is 12.5. The molecule has 2 aromatic rings. The topological polar surface area (TPSA) is 83.4 Å². The van der Waals surface area contributed by atoms with Crippen LogP contribution in [0.3, 0.4) is 0 Å². The van der Waals surface area contributed by atoms with E-state index < -0.39 is 0 Å². The molecule has 1 saturated carbocycles. The molecule has 2 amide bonds. The Labute approximate surface area is 140 Å². The molecule has 0 radical (unpaired) electrons. The SMILES string of the molecule is CC(=NNC(=O)c1ccccn1)c1ccc(NC(=O)C2CC2)cc1. The highest BCUT2D eigenvalue weighted by atomic mass is 16.2. The van der Waals surface area contributed by atoms with Crippen molar-refractivity contribution in [1.82, 2.24) is 10.4 Å². The van der Waals surface area contributed by atoms with Gasteiger partial charge in [0.2, 0.25) is 5.91 Å². The van der Waals surface area contributed by atoms with Crippen LogP contribution >= 0.6 is 0 Å². The number of nitrogens with one attached hydrogen (secondary N) is 2. The number of hydrogen-bond donors (Lipinski definition) is 2. The van der Waals surface area contributed by atoms with Crippen LogP contribution in [0.1, 0.15) is 35.8 Å². The van der Waals surface area contributed by atoms with Crippen LogP contribution in [0.15, 0.2) is 53.8 Å². The number of aromatic nitrogens is 1. The monoisotopic (exact) mass is 322 g/mol. The zero-order chi connectivity index (χ0) is 16.9. The predicted molar refractivity (Wildman–Crippen MR) is 91.7 cm³/mol. The number of carbonyl (C=O) groups is 2. The van der Waals surface area contributed by atoms with Crippen LogP contribution in [0.2, 0.25) is 0 Å². The van der Waals surface area contributed by atoms with Crippen LogP contribution in [-0.4, -0.2) is 22.5 Å². The average molecular weight is 322 g/mol. The van der Waals surface area contributed by atoms with Crippen LogP contribution in [0.5, 0.6) is 0 Å². The normalized spacial score (nSPS) is 14.1. The van der Waals surface area contributed by atoms with Gasteiger partial charge in [-0.2, -0.15) is 5.10 Å². The minimum Gasteiger partial charge on any atom is -0.326 e. The Morgan fingerprint density at radius 1 is 1.12 bits per heavy atom. The second-order valence-corrected chi connectivity index (χ2v) is 5.69. The fourth-order valence-corrected chi connectivity index (χ4v) is 2.14. The third-order valence-electron chi connectivity index (χ3n) is 3.74. The maximum Gasteiger partial charge on any atom is 0.289 e. The molecule has 6 heteroatoms. The Bertz CT molecular complexity index is 765. The zero-order valence-corrected chi connectivity index (χ0v) is 13.3. The van der Waals surface area contributed by atoms with E-state index in [1.165, 1.54) is 0 Å². The summed E-state index contributed by atoms with van der Waals surface area (Å²) in [4.78, 5) is 27.6. The van der Waals surface area contributed by atoms with Crippen LogP contribution in [0.25, 0.3) is 0 Å². The lowest BCUT2D eigenvalue weighted by Gasteiger charge is -2.06. The lowest BCUT2D eigenvalue weighted by Crippen LogP contribution is -2.20. The largest absolute Gasteiger partial charge is 0.326 e. The van der Waals surface area contributed by atoms with Crippen molar-refractivity contribution in [1.29, 1.82) is 0 Å². The summed E-state index contributed by atoms with van der Waals surface area (Å²) in [5, 5.41) is 6.97. The summed E-state index contributed by atoms with van der Waals surface area (Å²) >= 11 is 0. The molecule has 2 N–H and O–H groups in total. The van der Waals surface area contributed by atoms with Crippen LogP contribution < -0.4 is 10.7 Å². The molecule has 1 aromatic carbocycles. The van der Waals surface area contributed by atoms with E-state index in [9.17, 15) is 9.59 Å². The summed E-state index contributed by atoms with van der Waals surface area (Å²) < 4.78 is 0. The van der Waals surface area contributed by atoms with Crippen molar-refractivity contribution in [3.05, 3.63) is 59.9 Å². The molecule has 3 rings (SSSR count). The summed E-state index contributed by atoms with van der Waals surface area (Å²) in [7, 11) is 0. The number of rotatable bonds is 5. The van der Waals surface area contributed by atoms with Crippen LogP contribution in [-0.2, 0) is 4.79 Å². The summed E-state index contributed by atoms with van der Waals surface area (Å²) in [5.74, 6) is -0.103. The summed E-state index contributed by atoms with van der Waals surface area (Å²) in [6.45, 7) is 1.80. The first-order chi connectivity index (χ1) is 11.6. The van der Waals surface area contributed by atoms with Gasteiger partial charge in [0, 0.05) is 17.8 Å². The van der Waals surface area contributed by atoms with Gasteiger partial charge in [0.1, 0.15) is 5.69 Å². The van der Waals surface area contributed by atoms with Gasteiger partial charge >= 0.3 is 0 Å². The molecule has 0 unspecified atom stereocenters. The predicted octanol–water partition coefficient (Wildman–Crippen LogP) is 2.58. The standard InChI is InChI=1S/C18H18N4O2/c1-12(21-22-18(24)16-4-2-3-11-19-16)13-7-9-15(10-8-13)20-17(23)14-5-6-14/h2-4,7-11,14H,5-6H2,1H3,(H,20,23)(H,22,24). The second-order valence-electron chi connectivity index (χ2n) is 5.69. The van der Waals surface area contributed by atoms with Gasteiger partial charge in [-0.25, -0.2) is 5.43 Å². The average Bonchev–Trinajstić information content (AvgIpc) is 3.46. The van der Waals surface area contributed by atoms with Crippen molar-refractivity contribution in [3.63, 3.8) is 0 Å². The van der Waals surface area contributed by atoms with E-state index in [1.54, 1.807) is 31.3 Å². The molecule has 0 atom stereocenters. The number of nitrogens with zero attached hydrogens (tertiary/aromatic N) is 2. The molecule has 122 valence electrons. The molecular formula is C18H18N4O2. The Balaban J connectivity index is 1.60. The quantitative estimate of drug-likeness (QED) is 0.655. The molecule has 0 bridgehead atoms. The molecule has 1 fully saturated rings. The number of benzene rings is 1. The molecule has 1 aliphatic carbocycles. The third-order valence-corrected chi connectivity index (χ3v) is 3.74. The van der Waals surface area contributed by atoms with Gasteiger partial charge in [-0.3, -0.25) is 14.6 Å². The summed E-state index contributed by atoms with van der Waals surface area (Å²) in [6.07, 6.45) is 3.51. The number of anilines is 1. The molecule has 1 aromatic heterocycles. The maximum absolute atomic E-state index is 11.9. The van der Waals surface area contributed by atoms with Gasteiger partial charge in [-0.15, -0.1) is 0 Å². The third kappa shape index (κ3) is 4.04. The Hall–Kier alpha value is -3.02. The first kappa shape index (κ1) is 15.9. The van der Waals surface area contributed by atoms with Crippen molar-refractivity contribution >= 4 is 23.2 Å². The van der Waals surface area contributed by atoms with Gasteiger partial charge in [0.15, 0.2) is 0 Å². The Kier molecular flexibility index (Phi) is 4.65. The first-order valence-electron chi connectivity index (χ1n) is 7.80. The second kappa shape index (κ2) is 7.04. The highest BCUT2D eigenvalue weighted by Crippen LogP contribution is 2.30. The van der Waals surface area contributed by atoms with Gasteiger partial charge < -0.3 is 5.32 Å². The first-order valence-corrected chi connectivity index (χ1v) is 7.80. The molecular weight excluding hydrogens is 304 g/mol. The van der Waals surface area contributed by atoms with Crippen molar-refractivity contribution in [3.8, 4) is 0 Å². The van der Waals surface area contributed by atoms with E-state index >= 15 is 0 Å². The van der Waals surface area contributed by atoms with Crippen molar-refractivity contribution < 1.29 is 9.59 Å². The van der Waals surface area contributed by atoms with E-state index in [0.717, 1.165) is 24.1 Å². The van der Waals surface area contributed by atoms with E-state index in [2.05, 4.69) is 20.8 Å².